The Bertz CT molecular complexity index is 876. The van der Waals surface area contributed by atoms with E-state index in [0.29, 0.717) is 11.6 Å². The van der Waals surface area contributed by atoms with E-state index in [0.717, 1.165) is 53.4 Å². The fourth-order valence-electron chi connectivity index (χ4n) is 2.96. The number of fused-ring (bicyclic) bond motifs is 2. The minimum absolute atomic E-state index is 0.572. The molecule has 1 aromatic carbocycles. The summed E-state index contributed by atoms with van der Waals surface area (Å²) in [5.74, 6) is 2.77. The van der Waals surface area contributed by atoms with E-state index in [4.69, 9.17) is 16.3 Å². The smallest absolute Gasteiger partial charge is 0.152 e. The van der Waals surface area contributed by atoms with Gasteiger partial charge in [0.15, 0.2) is 5.82 Å². The van der Waals surface area contributed by atoms with Crippen molar-refractivity contribution < 1.29 is 4.74 Å². The molecule has 2 aromatic heterocycles. The zero-order chi connectivity index (χ0) is 15.8. The molecular weight excluding hydrogens is 314 g/mol. The van der Waals surface area contributed by atoms with Crippen molar-refractivity contribution in [2.75, 3.05) is 12.4 Å². The maximum Gasteiger partial charge on any atom is 0.152 e. The van der Waals surface area contributed by atoms with Gasteiger partial charge in [-0.25, -0.2) is 0 Å². The molecule has 0 spiro atoms. The van der Waals surface area contributed by atoms with Crippen molar-refractivity contribution in [3.8, 4) is 5.75 Å². The van der Waals surface area contributed by atoms with Gasteiger partial charge in [-0.2, -0.15) is 0 Å². The van der Waals surface area contributed by atoms with Crippen LogP contribution in [0.1, 0.15) is 18.1 Å². The first-order valence-corrected chi connectivity index (χ1v) is 7.91. The van der Waals surface area contributed by atoms with Crippen LogP contribution in [0.25, 0.3) is 10.9 Å². The van der Waals surface area contributed by atoms with Crippen LogP contribution in [-0.4, -0.2) is 26.9 Å². The Balaban J connectivity index is 1.68. The van der Waals surface area contributed by atoms with E-state index < -0.39 is 0 Å². The van der Waals surface area contributed by atoms with Crippen molar-refractivity contribution in [3.05, 3.63) is 41.1 Å². The molecule has 0 radical (unpaired) electrons. The molecule has 0 unspecified atom stereocenters. The zero-order valence-corrected chi connectivity index (χ0v) is 13.5. The summed E-state index contributed by atoms with van der Waals surface area (Å²) in [4.78, 5) is 4.36. The highest BCUT2D eigenvalue weighted by atomic mass is 35.5. The molecule has 23 heavy (non-hydrogen) atoms. The first-order valence-electron chi connectivity index (χ1n) is 7.53. The second-order valence-corrected chi connectivity index (χ2v) is 5.91. The number of nitrogens with one attached hydrogen (secondary N) is 1. The Morgan fingerprint density at radius 3 is 3.13 bits per heavy atom. The molecule has 0 saturated heterocycles. The van der Waals surface area contributed by atoms with Gasteiger partial charge in [-0.05, 0) is 24.6 Å². The molecule has 1 aliphatic heterocycles. The third-order valence-corrected chi connectivity index (χ3v) is 4.42. The molecular formula is C16H16ClN5O. The van der Waals surface area contributed by atoms with E-state index in [1.165, 1.54) is 0 Å². The standard InChI is InChI=1S/C16H16ClN5O/c1-23-10-4-5-13-11(7-10)16(12(17)8-18-13)19-9-15-21-20-14-3-2-6-22(14)15/h4-5,7-8H,2-3,6,9H2,1H3,(H,18,19). The SMILES string of the molecule is COc1ccc2ncc(Cl)c(NCc3nnc4n3CCC4)c2c1. The molecule has 3 heterocycles. The lowest BCUT2D eigenvalue weighted by Crippen LogP contribution is -2.08. The minimum Gasteiger partial charge on any atom is -0.497 e. The summed E-state index contributed by atoms with van der Waals surface area (Å²) in [6.45, 7) is 1.56. The topological polar surface area (TPSA) is 64.9 Å². The number of aryl methyl sites for hydroxylation is 1. The van der Waals surface area contributed by atoms with Crippen LogP contribution in [0.2, 0.25) is 5.02 Å². The van der Waals surface area contributed by atoms with Gasteiger partial charge in [0.25, 0.3) is 0 Å². The van der Waals surface area contributed by atoms with E-state index in [1.807, 2.05) is 18.2 Å². The van der Waals surface area contributed by atoms with Gasteiger partial charge >= 0.3 is 0 Å². The Labute approximate surface area is 138 Å². The van der Waals surface area contributed by atoms with Crippen molar-refractivity contribution in [3.63, 3.8) is 0 Å². The number of benzene rings is 1. The van der Waals surface area contributed by atoms with Gasteiger partial charge in [0.1, 0.15) is 11.6 Å². The molecule has 1 aliphatic rings. The van der Waals surface area contributed by atoms with Crippen LogP contribution in [0.4, 0.5) is 5.69 Å². The molecule has 0 atom stereocenters. The summed E-state index contributed by atoms with van der Waals surface area (Å²) in [7, 11) is 1.64. The second kappa shape index (κ2) is 5.70. The second-order valence-electron chi connectivity index (χ2n) is 5.51. The fraction of sp³-hybridized carbons (Fsp3) is 0.312. The van der Waals surface area contributed by atoms with Gasteiger partial charge in [-0.15, -0.1) is 10.2 Å². The number of nitrogens with zero attached hydrogens (tertiary/aromatic N) is 4. The van der Waals surface area contributed by atoms with Crippen LogP contribution in [0, 0.1) is 0 Å². The predicted molar refractivity (Wildman–Crippen MR) is 89.0 cm³/mol. The quantitative estimate of drug-likeness (QED) is 0.797. The molecule has 6 nitrogen and oxygen atoms in total. The third-order valence-electron chi connectivity index (χ3n) is 4.14. The van der Waals surface area contributed by atoms with Crippen LogP contribution < -0.4 is 10.1 Å². The van der Waals surface area contributed by atoms with E-state index >= 15 is 0 Å². The number of ether oxygens (including phenoxy) is 1. The van der Waals surface area contributed by atoms with Crippen molar-refractivity contribution >= 4 is 28.2 Å². The van der Waals surface area contributed by atoms with Gasteiger partial charge in [0, 0.05) is 24.5 Å². The van der Waals surface area contributed by atoms with E-state index in [-0.39, 0.29) is 0 Å². The normalized spacial score (nSPS) is 13.3. The number of hydrogen-bond acceptors (Lipinski definition) is 5. The average Bonchev–Trinajstić information content (AvgIpc) is 3.17. The molecule has 0 aliphatic carbocycles. The van der Waals surface area contributed by atoms with Gasteiger partial charge in [0.2, 0.25) is 0 Å². The largest absolute Gasteiger partial charge is 0.497 e. The van der Waals surface area contributed by atoms with Crippen LogP contribution >= 0.6 is 11.6 Å². The maximum absolute atomic E-state index is 6.35. The fourth-order valence-corrected chi connectivity index (χ4v) is 3.18. The minimum atomic E-state index is 0.572. The van der Waals surface area contributed by atoms with Crippen LogP contribution in [0.15, 0.2) is 24.4 Å². The van der Waals surface area contributed by atoms with Gasteiger partial charge < -0.3 is 14.6 Å². The lowest BCUT2D eigenvalue weighted by molar-refractivity contribution is 0.415. The Morgan fingerprint density at radius 1 is 1.35 bits per heavy atom. The van der Waals surface area contributed by atoms with Crippen molar-refractivity contribution in [2.24, 2.45) is 0 Å². The van der Waals surface area contributed by atoms with Crippen LogP contribution in [-0.2, 0) is 19.5 Å². The molecule has 7 heteroatoms. The first-order chi connectivity index (χ1) is 11.3. The number of methoxy groups -OCH3 is 1. The Kier molecular flexibility index (Phi) is 3.53. The zero-order valence-electron chi connectivity index (χ0n) is 12.7. The number of hydrogen-bond donors (Lipinski definition) is 1. The van der Waals surface area contributed by atoms with Gasteiger partial charge in [0.05, 0.1) is 29.9 Å². The number of aromatic nitrogens is 4. The highest BCUT2D eigenvalue weighted by Gasteiger charge is 2.17. The lowest BCUT2D eigenvalue weighted by Gasteiger charge is -2.12. The lowest BCUT2D eigenvalue weighted by atomic mass is 10.1. The number of halogens is 1. The van der Waals surface area contributed by atoms with Gasteiger partial charge in [-0.3, -0.25) is 4.98 Å². The van der Waals surface area contributed by atoms with Crippen molar-refractivity contribution in [1.29, 1.82) is 0 Å². The van der Waals surface area contributed by atoms with Crippen molar-refractivity contribution in [2.45, 2.75) is 25.9 Å². The Hall–Kier alpha value is -2.34. The number of anilines is 1. The summed E-state index contributed by atoms with van der Waals surface area (Å²) in [5.41, 5.74) is 1.70. The molecule has 118 valence electrons. The van der Waals surface area contributed by atoms with E-state index in [1.54, 1.807) is 13.3 Å². The Morgan fingerprint density at radius 2 is 2.26 bits per heavy atom. The summed E-state index contributed by atoms with van der Waals surface area (Å²) < 4.78 is 7.47. The maximum atomic E-state index is 6.35. The molecule has 0 bridgehead atoms. The van der Waals surface area contributed by atoms with E-state index in [9.17, 15) is 0 Å². The molecule has 0 fully saturated rings. The molecule has 0 amide bonds. The predicted octanol–water partition coefficient (Wildman–Crippen LogP) is 3.05. The summed E-state index contributed by atoms with van der Waals surface area (Å²) in [6.07, 6.45) is 3.80. The molecule has 3 aromatic rings. The average molecular weight is 330 g/mol. The monoisotopic (exact) mass is 329 g/mol. The molecule has 4 rings (SSSR count). The summed E-state index contributed by atoms with van der Waals surface area (Å²) in [6, 6.07) is 5.74. The van der Waals surface area contributed by atoms with Crippen molar-refractivity contribution in [1.82, 2.24) is 19.7 Å². The molecule has 1 N–H and O–H groups in total. The number of pyridine rings is 1. The third kappa shape index (κ3) is 2.49. The highest BCUT2D eigenvalue weighted by molar-refractivity contribution is 6.34. The number of rotatable bonds is 4. The van der Waals surface area contributed by atoms with Gasteiger partial charge in [-0.1, -0.05) is 11.6 Å². The first kappa shape index (κ1) is 14.3. The van der Waals surface area contributed by atoms with E-state index in [2.05, 4.69) is 25.1 Å². The highest BCUT2D eigenvalue weighted by Crippen LogP contribution is 2.32. The molecule has 0 saturated carbocycles. The summed E-state index contributed by atoms with van der Waals surface area (Å²) >= 11 is 6.35. The van der Waals surface area contributed by atoms with Crippen LogP contribution in [0.3, 0.4) is 0 Å². The summed E-state index contributed by atoms with van der Waals surface area (Å²) in [5, 5.41) is 13.4. The van der Waals surface area contributed by atoms with Crippen LogP contribution in [0.5, 0.6) is 5.75 Å².